The van der Waals surface area contributed by atoms with E-state index in [1.165, 1.54) is 11.1 Å². The summed E-state index contributed by atoms with van der Waals surface area (Å²) in [6, 6.07) is 5.95. The van der Waals surface area contributed by atoms with Gasteiger partial charge in [-0.05, 0) is 55.4 Å². The normalized spacial score (nSPS) is 21.5. The smallest absolute Gasteiger partial charge is 0.240 e. The summed E-state index contributed by atoms with van der Waals surface area (Å²) < 4.78 is 0. The fraction of sp³-hybridized carbons (Fsp3) is 0.556. The van der Waals surface area contributed by atoms with Crippen molar-refractivity contribution in [2.75, 3.05) is 18.8 Å². The number of carbonyl (C=O) groups excluding carboxylic acids is 2. The van der Waals surface area contributed by atoms with Gasteiger partial charge in [-0.25, -0.2) is 0 Å². The minimum absolute atomic E-state index is 0.0360. The van der Waals surface area contributed by atoms with Crippen molar-refractivity contribution in [1.82, 2.24) is 10.2 Å². The van der Waals surface area contributed by atoms with Crippen molar-refractivity contribution in [3.8, 4) is 0 Å². The summed E-state index contributed by atoms with van der Waals surface area (Å²) in [6.45, 7) is 0.879. The van der Waals surface area contributed by atoms with Crippen LogP contribution in [0.15, 0.2) is 18.2 Å². The van der Waals surface area contributed by atoms with Crippen LogP contribution in [0.4, 0.5) is 5.69 Å². The maximum absolute atomic E-state index is 12.4. The van der Waals surface area contributed by atoms with E-state index < -0.39 is 0 Å². The molecular formula is C18H25N3O2. The molecule has 0 radical (unpaired) electrons. The van der Waals surface area contributed by atoms with Gasteiger partial charge < -0.3 is 16.0 Å². The fourth-order valence-corrected chi connectivity index (χ4v) is 3.60. The zero-order chi connectivity index (χ0) is 16.2. The van der Waals surface area contributed by atoms with Crippen LogP contribution in [0.5, 0.6) is 0 Å². The number of fused-ring (bicyclic) bond motifs is 1. The molecule has 1 aromatic rings. The maximum Gasteiger partial charge on any atom is 0.240 e. The van der Waals surface area contributed by atoms with E-state index >= 15 is 0 Å². The van der Waals surface area contributed by atoms with Gasteiger partial charge in [-0.15, -0.1) is 0 Å². The van der Waals surface area contributed by atoms with Crippen LogP contribution in [0, 0.1) is 0 Å². The second-order valence-corrected chi connectivity index (χ2v) is 6.60. The fourth-order valence-electron chi connectivity index (χ4n) is 3.60. The van der Waals surface area contributed by atoms with E-state index in [-0.39, 0.29) is 24.4 Å². The van der Waals surface area contributed by atoms with Crippen LogP contribution in [0.1, 0.15) is 55.7 Å². The van der Waals surface area contributed by atoms with Gasteiger partial charge in [0.15, 0.2) is 0 Å². The zero-order valence-corrected chi connectivity index (χ0v) is 13.5. The quantitative estimate of drug-likeness (QED) is 0.839. The Morgan fingerprint density at radius 2 is 2.09 bits per heavy atom. The number of anilines is 1. The van der Waals surface area contributed by atoms with Crippen molar-refractivity contribution in [1.29, 1.82) is 0 Å². The van der Waals surface area contributed by atoms with Crippen LogP contribution < -0.4 is 11.1 Å². The first-order valence-corrected chi connectivity index (χ1v) is 8.59. The number of hydrogen-bond acceptors (Lipinski definition) is 3. The van der Waals surface area contributed by atoms with Crippen molar-refractivity contribution in [3.05, 3.63) is 29.3 Å². The molecule has 1 atom stereocenters. The van der Waals surface area contributed by atoms with E-state index in [0.29, 0.717) is 13.0 Å². The summed E-state index contributed by atoms with van der Waals surface area (Å²) >= 11 is 0. The van der Waals surface area contributed by atoms with Gasteiger partial charge in [0.2, 0.25) is 11.8 Å². The highest BCUT2D eigenvalue weighted by Crippen LogP contribution is 2.30. The van der Waals surface area contributed by atoms with Crippen molar-refractivity contribution < 1.29 is 9.59 Å². The van der Waals surface area contributed by atoms with Crippen molar-refractivity contribution in [3.63, 3.8) is 0 Å². The van der Waals surface area contributed by atoms with E-state index in [0.717, 1.165) is 44.2 Å². The van der Waals surface area contributed by atoms with Crippen molar-refractivity contribution in [2.24, 2.45) is 0 Å². The third-order valence-corrected chi connectivity index (χ3v) is 4.82. The van der Waals surface area contributed by atoms with E-state index in [1.54, 1.807) is 4.90 Å². The summed E-state index contributed by atoms with van der Waals surface area (Å²) in [5.41, 5.74) is 9.02. The highest BCUT2D eigenvalue weighted by atomic mass is 16.2. The SMILES string of the molecule is Nc1ccc2c(c1)CCCC2NC(=O)CN1CCCCCC1=O. The molecule has 1 heterocycles. The van der Waals surface area contributed by atoms with Gasteiger partial charge in [0.25, 0.3) is 0 Å². The number of hydrogen-bond donors (Lipinski definition) is 2. The molecule has 0 saturated carbocycles. The molecule has 0 spiro atoms. The number of carbonyl (C=O) groups is 2. The van der Waals surface area contributed by atoms with Crippen LogP contribution in [-0.4, -0.2) is 29.8 Å². The largest absolute Gasteiger partial charge is 0.399 e. The lowest BCUT2D eigenvalue weighted by atomic mass is 9.87. The Balaban J connectivity index is 1.63. The Morgan fingerprint density at radius 1 is 1.22 bits per heavy atom. The second kappa shape index (κ2) is 7.02. The summed E-state index contributed by atoms with van der Waals surface area (Å²) in [5.74, 6) is 0.0457. The third kappa shape index (κ3) is 3.84. The predicted molar refractivity (Wildman–Crippen MR) is 89.7 cm³/mol. The molecule has 1 saturated heterocycles. The molecule has 23 heavy (non-hydrogen) atoms. The Bertz CT molecular complexity index is 600. The number of amides is 2. The molecule has 124 valence electrons. The first-order chi connectivity index (χ1) is 11.1. The zero-order valence-electron chi connectivity index (χ0n) is 13.5. The molecule has 5 heteroatoms. The van der Waals surface area contributed by atoms with E-state index in [1.807, 2.05) is 18.2 Å². The molecule has 0 bridgehead atoms. The Labute approximate surface area is 137 Å². The van der Waals surface area contributed by atoms with Gasteiger partial charge in [-0.3, -0.25) is 9.59 Å². The molecule has 3 rings (SSSR count). The van der Waals surface area contributed by atoms with Gasteiger partial charge in [0, 0.05) is 18.7 Å². The number of nitrogens with two attached hydrogens (primary N) is 1. The number of nitrogen functional groups attached to an aromatic ring is 1. The van der Waals surface area contributed by atoms with Crippen LogP contribution in [0.3, 0.4) is 0 Å². The maximum atomic E-state index is 12.4. The summed E-state index contributed by atoms with van der Waals surface area (Å²) in [7, 11) is 0. The summed E-state index contributed by atoms with van der Waals surface area (Å²) in [6.07, 6.45) is 6.57. The summed E-state index contributed by atoms with van der Waals surface area (Å²) in [4.78, 5) is 26.1. The molecule has 1 aromatic carbocycles. The number of benzene rings is 1. The number of aryl methyl sites for hydroxylation is 1. The lowest BCUT2D eigenvalue weighted by Gasteiger charge is -2.28. The number of likely N-dealkylation sites (tertiary alicyclic amines) is 1. The average molecular weight is 315 g/mol. The molecule has 1 aliphatic heterocycles. The first kappa shape index (κ1) is 15.8. The van der Waals surface area contributed by atoms with Gasteiger partial charge in [0.05, 0.1) is 12.6 Å². The molecule has 1 fully saturated rings. The molecule has 0 aromatic heterocycles. The molecular weight excluding hydrogens is 290 g/mol. The monoisotopic (exact) mass is 315 g/mol. The second-order valence-electron chi connectivity index (χ2n) is 6.60. The molecule has 5 nitrogen and oxygen atoms in total. The Morgan fingerprint density at radius 3 is 2.96 bits per heavy atom. The standard InChI is InChI=1S/C18H25N3O2/c19-14-8-9-15-13(11-14)5-4-6-16(15)20-17(22)12-21-10-3-1-2-7-18(21)23/h8-9,11,16H,1-7,10,12,19H2,(H,20,22). The minimum Gasteiger partial charge on any atom is -0.399 e. The van der Waals surface area contributed by atoms with Crippen LogP contribution in [-0.2, 0) is 16.0 Å². The van der Waals surface area contributed by atoms with Gasteiger partial charge in [-0.1, -0.05) is 12.5 Å². The van der Waals surface area contributed by atoms with Gasteiger partial charge in [0.1, 0.15) is 0 Å². The Hall–Kier alpha value is -2.04. The molecule has 2 aliphatic rings. The molecule has 1 unspecified atom stereocenters. The van der Waals surface area contributed by atoms with E-state index in [2.05, 4.69) is 5.32 Å². The first-order valence-electron chi connectivity index (χ1n) is 8.59. The van der Waals surface area contributed by atoms with Gasteiger partial charge in [-0.2, -0.15) is 0 Å². The Kier molecular flexibility index (Phi) is 4.84. The van der Waals surface area contributed by atoms with Crippen molar-refractivity contribution in [2.45, 2.75) is 51.0 Å². The predicted octanol–water partition coefficient (Wildman–Crippen LogP) is 2.17. The lowest BCUT2D eigenvalue weighted by molar-refractivity contribution is -0.135. The highest BCUT2D eigenvalue weighted by Gasteiger charge is 2.24. The molecule has 2 amide bonds. The van der Waals surface area contributed by atoms with Crippen LogP contribution in [0.2, 0.25) is 0 Å². The molecule has 3 N–H and O–H groups in total. The highest BCUT2D eigenvalue weighted by molar-refractivity contribution is 5.85. The van der Waals surface area contributed by atoms with Crippen molar-refractivity contribution >= 4 is 17.5 Å². The number of nitrogens with one attached hydrogen (secondary N) is 1. The topological polar surface area (TPSA) is 75.4 Å². The van der Waals surface area contributed by atoms with Gasteiger partial charge >= 0.3 is 0 Å². The number of rotatable bonds is 3. The molecule has 1 aliphatic carbocycles. The van der Waals surface area contributed by atoms with Crippen LogP contribution >= 0.6 is 0 Å². The van der Waals surface area contributed by atoms with E-state index in [9.17, 15) is 9.59 Å². The number of nitrogens with zero attached hydrogens (tertiary/aromatic N) is 1. The minimum atomic E-state index is -0.0603. The van der Waals surface area contributed by atoms with E-state index in [4.69, 9.17) is 5.73 Å². The average Bonchev–Trinajstić information content (AvgIpc) is 2.72. The lowest BCUT2D eigenvalue weighted by Crippen LogP contribution is -2.42. The summed E-state index contributed by atoms with van der Waals surface area (Å²) in [5, 5.41) is 3.11. The van der Waals surface area contributed by atoms with Crippen LogP contribution in [0.25, 0.3) is 0 Å². The third-order valence-electron chi connectivity index (χ3n) is 4.82.